The Labute approximate surface area is 430 Å². The van der Waals surface area contributed by atoms with E-state index in [1.165, 1.54) is 0 Å². The van der Waals surface area contributed by atoms with Crippen LogP contribution in [-0.2, 0) is 66.5 Å². The van der Waals surface area contributed by atoms with E-state index in [-0.39, 0.29) is 41.3 Å². The van der Waals surface area contributed by atoms with Crippen LogP contribution in [0.3, 0.4) is 0 Å². The maximum absolute atomic E-state index is 11.5. The van der Waals surface area contributed by atoms with Gasteiger partial charge in [0.2, 0.25) is 0 Å². The zero-order valence-corrected chi connectivity index (χ0v) is 49.9. The van der Waals surface area contributed by atoms with Gasteiger partial charge in [0.1, 0.15) is 19.8 Å². The lowest BCUT2D eigenvalue weighted by atomic mass is 9.93. The van der Waals surface area contributed by atoms with Crippen LogP contribution in [0.2, 0.25) is 0 Å². The molecule has 0 N–H and O–H groups in total. The third-order valence-electron chi connectivity index (χ3n) is 9.02. The van der Waals surface area contributed by atoms with Crippen molar-refractivity contribution in [2.24, 2.45) is 43.3 Å². The second-order valence-corrected chi connectivity index (χ2v) is 26.5. The molecule has 0 fully saturated rings. The standard InChI is InChI=1S/C17H34O5.C15H30O4.C13H26O3.C11H22O2/c1-16(2,3)7-8-19-9-10-20-11-12-21-13-14-22-15(18)17(4,5)6;1-14(2,3)7-8-17-9-10-18-11-12-19-13(16)15(4,5)6;1-12(2,3)7-8-15-9-10-16-11(14)13(4,5)6;1-10(2,3)7-8-13-9(12)11(4,5)6/h7-14H2,1-6H3;7-12H2,1-6H3;7-10H2,1-6H3;7-8H2,1-6H3. The SMILES string of the molecule is CC(C)(C)CCOC(=O)C(C)(C)C.CC(C)(C)CCOCCOC(=O)C(C)(C)C.CC(C)(C)CCOCCOCCOC(=O)C(C)(C)C.CC(C)(C)CCOCCOCCOCCOC(=O)C(C)(C)C. The molecule has 0 saturated carbocycles. The second kappa shape index (κ2) is 37.4. The molecule has 0 heterocycles. The summed E-state index contributed by atoms with van der Waals surface area (Å²) in [7, 11) is 0. The maximum atomic E-state index is 11.5. The molecule has 0 aromatic carbocycles. The van der Waals surface area contributed by atoms with Gasteiger partial charge in [0, 0.05) is 19.8 Å². The minimum absolute atomic E-state index is 0.114. The Morgan fingerprint density at radius 1 is 0.214 bits per heavy atom. The average molecular weight is 1010 g/mol. The molecule has 14 nitrogen and oxygen atoms in total. The van der Waals surface area contributed by atoms with Crippen LogP contribution in [0.25, 0.3) is 0 Å². The molecule has 70 heavy (non-hydrogen) atoms. The molecule has 0 unspecified atom stereocenters. The summed E-state index contributed by atoms with van der Waals surface area (Å²) >= 11 is 0. The van der Waals surface area contributed by atoms with Gasteiger partial charge in [-0.1, -0.05) is 83.1 Å². The Balaban J connectivity index is -0.000000422. The molecule has 0 saturated heterocycles. The molecule has 0 radical (unpaired) electrons. The number of carbonyl (C=O) groups is 4. The van der Waals surface area contributed by atoms with Crippen molar-refractivity contribution in [1.29, 1.82) is 0 Å². The van der Waals surface area contributed by atoms with Gasteiger partial charge in [-0.05, 0) is 130 Å². The number of ether oxygens (including phenoxy) is 10. The fraction of sp³-hybridized carbons (Fsp3) is 0.929. The molecule has 0 spiro atoms. The third kappa shape index (κ3) is 59.9. The van der Waals surface area contributed by atoms with Crippen LogP contribution in [0.15, 0.2) is 0 Å². The molecule has 0 amide bonds. The minimum Gasteiger partial charge on any atom is -0.465 e. The molecule has 0 rings (SSSR count). The lowest BCUT2D eigenvalue weighted by molar-refractivity contribution is -0.155. The molecule has 0 aliphatic heterocycles. The maximum Gasteiger partial charge on any atom is 0.311 e. The monoisotopic (exact) mass is 1010 g/mol. The van der Waals surface area contributed by atoms with E-state index in [1.807, 2.05) is 83.1 Å². The van der Waals surface area contributed by atoms with Crippen LogP contribution in [-0.4, -0.2) is 130 Å². The van der Waals surface area contributed by atoms with Crippen LogP contribution in [0.4, 0.5) is 0 Å². The van der Waals surface area contributed by atoms with Gasteiger partial charge >= 0.3 is 23.9 Å². The van der Waals surface area contributed by atoms with Gasteiger partial charge in [-0.25, -0.2) is 0 Å². The Morgan fingerprint density at radius 2 is 0.357 bits per heavy atom. The first-order chi connectivity index (χ1) is 31.5. The van der Waals surface area contributed by atoms with E-state index in [0.29, 0.717) is 95.5 Å². The van der Waals surface area contributed by atoms with Crippen molar-refractivity contribution in [2.75, 3.05) is 106 Å². The molecule has 14 heteroatoms. The van der Waals surface area contributed by atoms with E-state index in [0.717, 1.165) is 45.5 Å². The van der Waals surface area contributed by atoms with Gasteiger partial charge in [0.15, 0.2) is 0 Å². The van der Waals surface area contributed by atoms with Gasteiger partial charge in [-0.3, -0.25) is 19.2 Å². The van der Waals surface area contributed by atoms with Crippen LogP contribution in [0.5, 0.6) is 0 Å². The first-order valence-electron chi connectivity index (χ1n) is 25.7. The molecule has 420 valence electrons. The first-order valence-corrected chi connectivity index (χ1v) is 25.7. The summed E-state index contributed by atoms with van der Waals surface area (Å²) in [6.45, 7) is 56.6. The number of hydrogen-bond donors (Lipinski definition) is 0. The molecule has 0 aromatic heterocycles. The summed E-state index contributed by atoms with van der Waals surface area (Å²) in [5, 5.41) is 0. The Kier molecular flexibility index (Phi) is 39.6. The van der Waals surface area contributed by atoms with Crippen molar-refractivity contribution >= 4 is 23.9 Å². The van der Waals surface area contributed by atoms with Gasteiger partial charge in [-0.2, -0.15) is 0 Å². The highest BCUT2D eigenvalue weighted by Crippen LogP contribution is 2.22. The predicted octanol–water partition coefficient (Wildman–Crippen LogP) is 12.1. The van der Waals surface area contributed by atoms with E-state index in [1.54, 1.807) is 0 Å². The molecule has 0 aromatic rings. The lowest BCUT2D eigenvalue weighted by Crippen LogP contribution is -2.24. The second-order valence-electron chi connectivity index (χ2n) is 26.5. The molecule has 0 aliphatic rings. The fourth-order valence-electron chi connectivity index (χ4n) is 4.00. The summed E-state index contributed by atoms with van der Waals surface area (Å²) in [5.41, 5.74) is -0.567. The number of carbonyl (C=O) groups excluding carboxylic acids is 4. The van der Waals surface area contributed by atoms with Crippen molar-refractivity contribution in [2.45, 2.75) is 192 Å². The Bertz CT molecular complexity index is 1320. The smallest absolute Gasteiger partial charge is 0.311 e. The summed E-state index contributed by atoms with van der Waals surface area (Å²) < 4.78 is 52.8. The quantitative estimate of drug-likeness (QED) is 0.0457. The van der Waals surface area contributed by atoms with E-state index >= 15 is 0 Å². The number of esters is 4. The lowest BCUT2D eigenvalue weighted by Gasteiger charge is -2.20. The third-order valence-corrected chi connectivity index (χ3v) is 9.02. The zero-order valence-electron chi connectivity index (χ0n) is 49.9. The van der Waals surface area contributed by atoms with E-state index in [4.69, 9.17) is 47.4 Å². The van der Waals surface area contributed by atoms with Crippen molar-refractivity contribution in [3.8, 4) is 0 Å². The van der Waals surface area contributed by atoms with Crippen molar-refractivity contribution in [3.05, 3.63) is 0 Å². The van der Waals surface area contributed by atoms with Gasteiger partial charge in [0.25, 0.3) is 0 Å². The molecule has 0 bridgehead atoms. The normalized spacial score (nSPS) is 12.6. The summed E-state index contributed by atoms with van der Waals surface area (Å²) in [6, 6.07) is 0. The fourth-order valence-corrected chi connectivity index (χ4v) is 4.00. The van der Waals surface area contributed by atoms with Crippen molar-refractivity contribution in [1.82, 2.24) is 0 Å². The zero-order chi connectivity index (χ0) is 55.5. The summed E-state index contributed by atoms with van der Waals surface area (Å²) in [6.07, 6.45) is 4.01. The largest absolute Gasteiger partial charge is 0.465 e. The summed E-state index contributed by atoms with van der Waals surface area (Å²) in [4.78, 5) is 45.6. The number of hydrogen-bond acceptors (Lipinski definition) is 14. The molecular weight excluding hydrogens is 897 g/mol. The first kappa shape index (κ1) is 74.2. The Hall–Kier alpha value is -2.36. The van der Waals surface area contributed by atoms with Crippen LogP contribution >= 0.6 is 0 Å². The minimum atomic E-state index is -0.462. The molecular formula is C56H112O14. The Morgan fingerprint density at radius 3 is 0.529 bits per heavy atom. The average Bonchev–Trinajstić information content (AvgIpc) is 3.16. The van der Waals surface area contributed by atoms with Crippen molar-refractivity contribution in [3.63, 3.8) is 0 Å². The molecule has 0 atom stereocenters. The topological polar surface area (TPSA) is 161 Å². The highest BCUT2D eigenvalue weighted by atomic mass is 16.6. The predicted molar refractivity (Wildman–Crippen MR) is 283 cm³/mol. The van der Waals surface area contributed by atoms with Gasteiger partial charge in [-0.15, -0.1) is 0 Å². The van der Waals surface area contributed by atoms with Crippen molar-refractivity contribution < 1.29 is 66.5 Å². The van der Waals surface area contributed by atoms with E-state index in [2.05, 4.69) is 83.1 Å². The van der Waals surface area contributed by atoms with E-state index < -0.39 is 16.2 Å². The van der Waals surface area contributed by atoms with Crippen LogP contribution in [0.1, 0.15) is 192 Å². The molecule has 0 aliphatic carbocycles. The number of rotatable bonds is 26. The van der Waals surface area contributed by atoms with Gasteiger partial charge in [0.05, 0.1) is 87.7 Å². The summed E-state index contributed by atoms with van der Waals surface area (Å²) in [5.74, 6) is -0.694. The highest BCUT2D eigenvalue weighted by molar-refractivity contribution is 5.76. The van der Waals surface area contributed by atoms with Gasteiger partial charge < -0.3 is 47.4 Å². The van der Waals surface area contributed by atoms with Crippen LogP contribution in [0, 0.1) is 43.3 Å². The van der Waals surface area contributed by atoms with Crippen LogP contribution < -0.4 is 0 Å². The highest BCUT2D eigenvalue weighted by Gasteiger charge is 2.25. The van der Waals surface area contributed by atoms with E-state index in [9.17, 15) is 19.2 Å².